The summed E-state index contributed by atoms with van der Waals surface area (Å²) in [6, 6.07) is 3.18. The molecular weight excluding hydrogens is 427 g/mol. The Morgan fingerprint density at radius 3 is 3.06 bits per heavy atom. The Bertz CT molecular complexity index is 1060. The van der Waals surface area contributed by atoms with Gasteiger partial charge in [0.05, 0.1) is 13.3 Å². The van der Waals surface area contributed by atoms with Crippen LogP contribution in [0.15, 0.2) is 41.3 Å². The van der Waals surface area contributed by atoms with E-state index in [9.17, 15) is 4.39 Å². The zero-order chi connectivity index (χ0) is 21.9. The van der Waals surface area contributed by atoms with Crippen LogP contribution in [0, 0.1) is 5.82 Å². The summed E-state index contributed by atoms with van der Waals surface area (Å²) >= 11 is 1.98. The van der Waals surface area contributed by atoms with Crippen LogP contribution in [0.5, 0.6) is 5.75 Å². The third kappa shape index (κ3) is 4.65. The summed E-state index contributed by atoms with van der Waals surface area (Å²) in [7, 11) is 0. The second kappa shape index (κ2) is 9.56. The van der Waals surface area contributed by atoms with Crippen LogP contribution in [0.3, 0.4) is 0 Å². The van der Waals surface area contributed by atoms with E-state index in [4.69, 9.17) is 4.74 Å². The molecule has 7 nitrogen and oxygen atoms in total. The number of halogens is 1. The van der Waals surface area contributed by atoms with Crippen molar-refractivity contribution < 1.29 is 9.13 Å². The lowest BCUT2D eigenvalue weighted by Gasteiger charge is -2.26. The number of hydrogen-bond acceptors (Lipinski definition) is 7. The summed E-state index contributed by atoms with van der Waals surface area (Å²) in [5, 5.41) is 12.6. The molecule has 32 heavy (non-hydrogen) atoms. The molecule has 5 rings (SSSR count). The van der Waals surface area contributed by atoms with E-state index in [1.807, 2.05) is 16.5 Å². The van der Waals surface area contributed by atoms with Gasteiger partial charge in [-0.2, -0.15) is 0 Å². The monoisotopic (exact) mass is 454 g/mol. The maximum Gasteiger partial charge on any atom is 0.166 e. The Morgan fingerprint density at radius 1 is 1.38 bits per heavy atom. The molecule has 0 unspecified atom stereocenters. The summed E-state index contributed by atoms with van der Waals surface area (Å²) in [6.45, 7) is 7.04. The largest absolute Gasteiger partial charge is 0.493 e. The first-order valence-corrected chi connectivity index (χ1v) is 11.9. The van der Waals surface area contributed by atoms with Gasteiger partial charge in [-0.1, -0.05) is 18.0 Å². The number of benzene rings is 1. The molecule has 1 aromatic carbocycles. The van der Waals surface area contributed by atoms with Gasteiger partial charge in [0.2, 0.25) is 0 Å². The van der Waals surface area contributed by atoms with E-state index in [1.54, 1.807) is 18.6 Å². The minimum Gasteiger partial charge on any atom is -0.493 e. The molecule has 168 valence electrons. The average Bonchev–Trinajstić information content (AvgIpc) is 3.29. The molecule has 2 aliphatic heterocycles. The molecule has 0 radical (unpaired) electrons. The third-order valence-electron chi connectivity index (χ3n) is 5.94. The topological polar surface area (TPSA) is 67.6 Å². The first-order chi connectivity index (χ1) is 15.7. The van der Waals surface area contributed by atoms with Crippen molar-refractivity contribution in [2.45, 2.75) is 44.1 Å². The average molecular weight is 455 g/mol. The van der Waals surface area contributed by atoms with E-state index in [-0.39, 0.29) is 5.82 Å². The standard InChI is InChI=1S/C23H27FN6OS/c1-25-12-19(16-6-9-30(10-7-16)32-17-2-3-17)23-28-27-15-29(23)14-26-13-20-18-8-11-31-22(18)5-4-21(20)24/h4-6,12,15,17,26H,1-3,7-11,13-14H2/b19-12-. The van der Waals surface area contributed by atoms with Gasteiger partial charge in [-0.15, -0.1) is 10.2 Å². The van der Waals surface area contributed by atoms with Gasteiger partial charge in [0.25, 0.3) is 0 Å². The van der Waals surface area contributed by atoms with Crippen LogP contribution >= 0.6 is 11.9 Å². The number of allylic oxidation sites excluding steroid dienone is 1. The van der Waals surface area contributed by atoms with Crippen LogP contribution in [-0.4, -0.2) is 50.7 Å². The minimum atomic E-state index is -0.205. The van der Waals surface area contributed by atoms with Crippen molar-refractivity contribution in [1.29, 1.82) is 0 Å². The van der Waals surface area contributed by atoms with E-state index in [0.29, 0.717) is 25.4 Å². The molecular formula is C23H27FN6OS. The SMILES string of the molecule is C=N/C=C(/C1=CCN(SC2CC2)CC1)c1nncn1CNCc1c(F)ccc2c1CCO2. The summed E-state index contributed by atoms with van der Waals surface area (Å²) in [4.78, 5) is 4.03. The molecule has 1 N–H and O–H groups in total. The zero-order valence-electron chi connectivity index (χ0n) is 18.0. The van der Waals surface area contributed by atoms with E-state index in [0.717, 1.165) is 53.9 Å². The molecule has 3 aliphatic rings. The van der Waals surface area contributed by atoms with E-state index in [2.05, 4.69) is 37.6 Å². The Kier molecular flexibility index (Phi) is 6.38. The first kappa shape index (κ1) is 21.4. The second-order valence-corrected chi connectivity index (χ2v) is 9.60. The smallest absolute Gasteiger partial charge is 0.166 e. The highest BCUT2D eigenvalue weighted by molar-refractivity contribution is 7.97. The number of hydrogen-bond donors (Lipinski definition) is 1. The van der Waals surface area contributed by atoms with E-state index in [1.165, 1.54) is 24.5 Å². The lowest BCUT2D eigenvalue weighted by atomic mass is 10.0. The molecule has 3 heterocycles. The number of nitrogens with zero attached hydrogens (tertiary/aromatic N) is 5. The fourth-order valence-electron chi connectivity index (χ4n) is 4.14. The fraction of sp³-hybridized carbons (Fsp3) is 0.435. The van der Waals surface area contributed by atoms with Gasteiger partial charge in [0, 0.05) is 54.2 Å². The van der Waals surface area contributed by atoms with Crippen molar-refractivity contribution in [1.82, 2.24) is 24.4 Å². The van der Waals surface area contributed by atoms with Crippen molar-refractivity contribution in [2.24, 2.45) is 4.99 Å². The Hall–Kier alpha value is -2.49. The predicted molar refractivity (Wildman–Crippen MR) is 125 cm³/mol. The predicted octanol–water partition coefficient (Wildman–Crippen LogP) is 3.58. The number of fused-ring (bicyclic) bond motifs is 1. The molecule has 1 saturated carbocycles. The van der Waals surface area contributed by atoms with Gasteiger partial charge in [-0.25, -0.2) is 8.70 Å². The van der Waals surface area contributed by atoms with Gasteiger partial charge in [-0.3, -0.25) is 10.3 Å². The van der Waals surface area contributed by atoms with Crippen LogP contribution in [0.4, 0.5) is 4.39 Å². The third-order valence-corrected chi connectivity index (χ3v) is 7.34. The van der Waals surface area contributed by atoms with Crippen molar-refractivity contribution >= 4 is 24.2 Å². The highest BCUT2D eigenvalue weighted by Gasteiger charge is 2.27. The van der Waals surface area contributed by atoms with Gasteiger partial charge >= 0.3 is 0 Å². The quantitative estimate of drug-likeness (QED) is 0.461. The maximum atomic E-state index is 14.4. The van der Waals surface area contributed by atoms with Crippen LogP contribution in [0.25, 0.3) is 5.57 Å². The molecule has 2 aromatic rings. The first-order valence-electron chi connectivity index (χ1n) is 11.0. The van der Waals surface area contributed by atoms with Crippen LogP contribution in [0.2, 0.25) is 0 Å². The summed E-state index contributed by atoms with van der Waals surface area (Å²) in [6.07, 6.45) is 10.0. The maximum absolute atomic E-state index is 14.4. The summed E-state index contributed by atoms with van der Waals surface area (Å²) < 4.78 is 24.3. The lowest BCUT2D eigenvalue weighted by molar-refractivity contribution is 0.356. The van der Waals surface area contributed by atoms with E-state index >= 15 is 0 Å². The van der Waals surface area contributed by atoms with Crippen molar-refractivity contribution in [3.63, 3.8) is 0 Å². The number of nitrogens with one attached hydrogen (secondary N) is 1. The number of aromatic nitrogens is 3. The molecule has 9 heteroatoms. The molecule has 1 aromatic heterocycles. The number of aliphatic imine (C=N–C) groups is 1. The fourth-order valence-corrected chi connectivity index (χ4v) is 5.26. The van der Waals surface area contributed by atoms with Gasteiger partial charge in [0.1, 0.15) is 17.9 Å². The second-order valence-electron chi connectivity index (χ2n) is 8.21. The Balaban J connectivity index is 1.27. The molecule has 0 bridgehead atoms. The van der Waals surface area contributed by atoms with Gasteiger partial charge in [-0.05, 0) is 43.7 Å². The summed E-state index contributed by atoms with van der Waals surface area (Å²) in [5.74, 6) is 1.32. The Labute approximate surface area is 191 Å². The highest BCUT2D eigenvalue weighted by atomic mass is 32.2. The number of ether oxygens (including phenoxy) is 1. The lowest BCUT2D eigenvalue weighted by Crippen LogP contribution is -2.24. The molecule has 0 atom stereocenters. The molecule has 0 spiro atoms. The molecule has 0 saturated heterocycles. The minimum absolute atomic E-state index is 0.205. The van der Waals surface area contributed by atoms with E-state index < -0.39 is 0 Å². The van der Waals surface area contributed by atoms with Crippen LogP contribution in [-0.2, 0) is 19.6 Å². The highest BCUT2D eigenvalue weighted by Crippen LogP contribution is 2.38. The Morgan fingerprint density at radius 2 is 2.28 bits per heavy atom. The van der Waals surface area contributed by atoms with Crippen LogP contribution in [0.1, 0.15) is 36.2 Å². The molecule has 0 amide bonds. The summed E-state index contributed by atoms with van der Waals surface area (Å²) in [5.41, 5.74) is 3.78. The van der Waals surface area contributed by atoms with Gasteiger partial charge < -0.3 is 9.30 Å². The van der Waals surface area contributed by atoms with Crippen molar-refractivity contribution in [2.75, 3.05) is 19.7 Å². The van der Waals surface area contributed by atoms with Crippen LogP contribution < -0.4 is 10.1 Å². The van der Waals surface area contributed by atoms with Crippen molar-refractivity contribution in [3.8, 4) is 5.75 Å². The van der Waals surface area contributed by atoms with Crippen molar-refractivity contribution in [3.05, 3.63) is 59.1 Å². The number of rotatable bonds is 9. The van der Waals surface area contributed by atoms with Gasteiger partial charge in [0.15, 0.2) is 5.82 Å². The normalized spacial score (nSPS) is 18.9. The molecule has 1 aliphatic carbocycles. The molecule has 1 fully saturated rings. The zero-order valence-corrected chi connectivity index (χ0v) is 18.8.